The Morgan fingerprint density at radius 3 is 2.50 bits per heavy atom. The number of nitrogens with zero attached hydrogens (tertiary/aromatic N) is 3. The summed E-state index contributed by atoms with van der Waals surface area (Å²) >= 11 is 0. The maximum atomic E-state index is 13.3. The highest BCUT2D eigenvalue weighted by Gasteiger charge is 2.18. The van der Waals surface area contributed by atoms with Crippen molar-refractivity contribution in [3.05, 3.63) is 75.7 Å². The molecule has 1 heterocycles. The molecule has 0 atom stereocenters. The van der Waals surface area contributed by atoms with Crippen LogP contribution in [0.3, 0.4) is 0 Å². The van der Waals surface area contributed by atoms with Crippen molar-refractivity contribution in [1.82, 2.24) is 14.9 Å². The number of carbonyl (C=O) groups is 2. The van der Waals surface area contributed by atoms with E-state index in [0.717, 1.165) is 5.56 Å². The lowest BCUT2D eigenvalue weighted by atomic mass is 10.1. The molecular formula is C26H31N7O5. The molecule has 0 saturated carbocycles. The van der Waals surface area contributed by atoms with Crippen molar-refractivity contribution < 1.29 is 19.5 Å². The molecule has 3 rings (SSSR count). The lowest BCUT2D eigenvalue weighted by Gasteiger charge is -2.17. The molecule has 0 spiro atoms. The summed E-state index contributed by atoms with van der Waals surface area (Å²) < 4.78 is 6.35. The molecule has 0 aliphatic rings. The Balaban J connectivity index is 1.92. The Bertz CT molecular complexity index is 1400. The average molecular weight is 522 g/mol. The first kappa shape index (κ1) is 27.7. The van der Waals surface area contributed by atoms with Crippen molar-refractivity contribution in [2.75, 3.05) is 17.7 Å². The molecule has 7 N–H and O–H groups in total. The number of nitrogens with one attached hydrogen (secondary N) is 2. The summed E-state index contributed by atoms with van der Waals surface area (Å²) in [5, 5.41) is 17.5. The first-order chi connectivity index (χ1) is 18.1. The van der Waals surface area contributed by atoms with Gasteiger partial charge in [-0.25, -0.2) is 9.78 Å². The Morgan fingerprint density at radius 2 is 1.87 bits per heavy atom. The molecule has 1 aromatic heterocycles. The second kappa shape index (κ2) is 12.4. The fourth-order valence-electron chi connectivity index (χ4n) is 3.63. The Morgan fingerprint density at radius 1 is 1.16 bits per heavy atom. The van der Waals surface area contributed by atoms with Crippen LogP contribution in [-0.2, 0) is 22.6 Å². The molecule has 38 heavy (non-hydrogen) atoms. The topological polar surface area (TPSA) is 187 Å². The number of amides is 1. The van der Waals surface area contributed by atoms with Crippen molar-refractivity contribution in [2.45, 2.75) is 39.9 Å². The molecule has 0 unspecified atom stereocenters. The van der Waals surface area contributed by atoms with Gasteiger partial charge >= 0.3 is 5.97 Å². The van der Waals surface area contributed by atoms with Gasteiger partial charge in [0, 0.05) is 29.4 Å². The lowest BCUT2D eigenvalue weighted by Crippen LogP contribution is -2.35. The van der Waals surface area contributed by atoms with Crippen LogP contribution in [0.2, 0.25) is 0 Å². The zero-order valence-corrected chi connectivity index (χ0v) is 21.4. The van der Waals surface area contributed by atoms with E-state index >= 15 is 0 Å². The van der Waals surface area contributed by atoms with Gasteiger partial charge < -0.3 is 32.0 Å². The summed E-state index contributed by atoms with van der Waals surface area (Å²) in [4.78, 5) is 42.8. The van der Waals surface area contributed by atoms with E-state index in [9.17, 15) is 14.4 Å². The van der Waals surface area contributed by atoms with Crippen molar-refractivity contribution in [1.29, 1.82) is 0 Å². The number of nitrogen functional groups attached to an aromatic ring is 1. The summed E-state index contributed by atoms with van der Waals surface area (Å²) in [7, 11) is 0. The maximum absolute atomic E-state index is 13.3. The zero-order valence-electron chi connectivity index (χ0n) is 21.4. The predicted molar refractivity (Wildman–Crippen MR) is 144 cm³/mol. The molecule has 0 bridgehead atoms. The molecule has 0 radical (unpaired) electrons. The minimum absolute atomic E-state index is 0.0244. The smallest absolute Gasteiger partial charge is 0.338 e. The first-order valence-corrected chi connectivity index (χ1v) is 11.9. The molecule has 3 aromatic rings. The number of esters is 1. The monoisotopic (exact) mass is 521 g/mol. The molecule has 200 valence electrons. The third kappa shape index (κ3) is 6.87. The van der Waals surface area contributed by atoms with Crippen molar-refractivity contribution in [2.24, 2.45) is 10.9 Å². The third-order valence-corrected chi connectivity index (χ3v) is 5.39. The van der Waals surface area contributed by atoms with E-state index in [2.05, 4.69) is 20.8 Å². The number of ether oxygens (including phenoxy) is 1. The van der Waals surface area contributed by atoms with Crippen LogP contribution in [0.25, 0.3) is 11.3 Å². The number of rotatable bonds is 10. The molecule has 0 aliphatic carbocycles. The van der Waals surface area contributed by atoms with Gasteiger partial charge in [-0.3, -0.25) is 14.2 Å². The van der Waals surface area contributed by atoms with Crippen molar-refractivity contribution >= 4 is 29.2 Å². The fourth-order valence-corrected chi connectivity index (χ4v) is 3.63. The normalized spacial score (nSPS) is 11.3. The van der Waals surface area contributed by atoms with Gasteiger partial charge in [-0.2, -0.15) is 0 Å². The number of anilines is 2. The van der Waals surface area contributed by atoms with Gasteiger partial charge in [0.2, 0.25) is 5.91 Å². The van der Waals surface area contributed by atoms with Crippen LogP contribution in [0.5, 0.6) is 0 Å². The summed E-state index contributed by atoms with van der Waals surface area (Å²) in [6.07, 6.45) is 1.45. The van der Waals surface area contributed by atoms with Crippen LogP contribution >= 0.6 is 0 Å². The zero-order chi connectivity index (χ0) is 27.8. The summed E-state index contributed by atoms with van der Waals surface area (Å²) in [6.45, 7) is 5.49. The minimum Gasteiger partial charge on any atom is -0.462 e. The molecule has 12 heteroatoms. The standard InChI is InChI=1S/C26H31N7O5/c1-4-38-26(36)19-9-18(10-20(27)11-19)21-13-30-24(31-15(2)3)25(35)33(21)14-22(34)29-12-16-5-7-17(8-6-16)23(28)32-37/h5-11,13,15,37H,4,12,14,27H2,1-3H3,(H2,28,32)(H,29,34)(H,30,31). The van der Waals surface area contributed by atoms with Gasteiger partial charge in [-0.15, -0.1) is 0 Å². The van der Waals surface area contributed by atoms with Crippen LogP contribution < -0.4 is 27.7 Å². The van der Waals surface area contributed by atoms with Crippen LogP contribution in [0.15, 0.2) is 58.6 Å². The molecule has 0 fully saturated rings. The Hall–Kier alpha value is -4.87. The number of amidine groups is 1. The van der Waals surface area contributed by atoms with E-state index in [1.807, 2.05) is 13.8 Å². The predicted octanol–water partition coefficient (Wildman–Crippen LogP) is 1.90. The lowest BCUT2D eigenvalue weighted by molar-refractivity contribution is -0.121. The number of nitrogens with two attached hydrogens (primary N) is 2. The summed E-state index contributed by atoms with van der Waals surface area (Å²) in [5.41, 5.74) is 13.6. The second-order valence-corrected chi connectivity index (χ2v) is 8.71. The number of aromatic nitrogens is 2. The maximum Gasteiger partial charge on any atom is 0.338 e. The Kier molecular flexibility index (Phi) is 9.04. The van der Waals surface area contributed by atoms with Gasteiger partial charge in [-0.05, 0) is 44.5 Å². The molecule has 12 nitrogen and oxygen atoms in total. The minimum atomic E-state index is -0.559. The number of oxime groups is 1. The van der Waals surface area contributed by atoms with E-state index in [-0.39, 0.29) is 48.6 Å². The number of benzene rings is 2. The SMILES string of the molecule is CCOC(=O)c1cc(N)cc(-c2cnc(NC(C)C)c(=O)n2CC(=O)NCc2ccc(/C(N)=N/O)cc2)c1. The summed E-state index contributed by atoms with van der Waals surface area (Å²) in [6, 6.07) is 11.3. The van der Waals surface area contributed by atoms with E-state index < -0.39 is 17.4 Å². The highest BCUT2D eigenvalue weighted by atomic mass is 16.5. The van der Waals surface area contributed by atoms with Crippen LogP contribution in [-0.4, -0.2) is 45.1 Å². The highest BCUT2D eigenvalue weighted by Crippen LogP contribution is 2.24. The van der Waals surface area contributed by atoms with Crippen molar-refractivity contribution in [3.8, 4) is 11.3 Å². The molecule has 1 amide bonds. The highest BCUT2D eigenvalue weighted by molar-refractivity contribution is 5.97. The van der Waals surface area contributed by atoms with E-state index in [1.165, 1.54) is 22.9 Å². The fraction of sp³-hybridized carbons (Fsp3) is 0.269. The quantitative estimate of drug-likeness (QED) is 0.0663. The molecule has 2 aromatic carbocycles. The molecular weight excluding hydrogens is 490 g/mol. The van der Waals surface area contributed by atoms with Crippen LogP contribution in [0.1, 0.15) is 42.3 Å². The molecule has 0 aliphatic heterocycles. The second-order valence-electron chi connectivity index (χ2n) is 8.71. The number of carbonyl (C=O) groups excluding carboxylic acids is 2. The van der Waals surface area contributed by atoms with Crippen LogP contribution in [0, 0.1) is 0 Å². The van der Waals surface area contributed by atoms with Gasteiger partial charge in [0.15, 0.2) is 11.7 Å². The van der Waals surface area contributed by atoms with E-state index in [1.54, 1.807) is 37.3 Å². The van der Waals surface area contributed by atoms with Gasteiger partial charge in [-0.1, -0.05) is 29.4 Å². The van der Waals surface area contributed by atoms with E-state index in [4.69, 9.17) is 21.4 Å². The average Bonchev–Trinajstić information content (AvgIpc) is 2.89. The van der Waals surface area contributed by atoms with E-state index in [0.29, 0.717) is 16.8 Å². The van der Waals surface area contributed by atoms with Crippen molar-refractivity contribution in [3.63, 3.8) is 0 Å². The van der Waals surface area contributed by atoms with Gasteiger partial charge in [0.25, 0.3) is 5.56 Å². The molecule has 0 saturated heterocycles. The third-order valence-electron chi connectivity index (χ3n) is 5.39. The number of hydrogen-bond donors (Lipinski definition) is 5. The van der Waals surface area contributed by atoms with Gasteiger partial charge in [0.05, 0.1) is 24.1 Å². The van der Waals surface area contributed by atoms with Crippen LogP contribution in [0.4, 0.5) is 11.5 Å². The van der Waals surface area contributed by atoms with Gasteiger partial charge in [0.1, 0.15) is 6.54 Å². The first-order valence-electron chi connectivity index (χ1n) is 11.9. The summed E-state index contributed by atoms with van der Waals surface area (Å²) in [5.74, 6) is -0.921. The largest absolute Gasteiger partial charge is 0.462 e. The Labute approximate surface area is 219 Å². The number of hydrogen-bond acceptors (Lipinski definition) is 9.